The lowest BCUT2D eigenvalue weighted by Gasteiger charge is -2.27. The van der Waals surface area contributed by atoms with Crippen LogP contribution in [0.3, 0.4) is 0 Å². The van der Waals surface area contributed by atoms with Crippen molar-refractivity contribution >= 4 is 24.0 Å². The highest BCUT2D eigenvalue weighted by molar-refractivity contribution is 5.85. The van der Waals surface area contributed by atoms with Gasteiger partial charge in [-0.05, 0) is 78.9 Å². The zero-order chi connectivity index (χ0) is 24.9. The smallest absolute Gasteiger partial charge is 0.227 e. The number of nitrogens with zero attached hydrogens (tertiary/aromatic N) is 2. The Bertz CT molecular complexity index is 1360. The van der Waals surface area contributed by atoms with Crippen LogP contribution < -0.4 is 10.6 Å². The number of hydrogen-bond acceptors (Lipinski definition) is 4. The van der Waals surface area contributed by atoms with E-state index < -0.39 is 0 Å². The van der Waals surface area contributed by atoms with Crippen LogP contribution in [0.2, 0.25) is 0 Å². The average molecular weight is 521 g/mol. The summed E-state index contributed by atoms with van der Waals surface area (Å²) in [5.74, 6) is -0.0561. The summed E-state index contributed by atoms with van der Waals surface area (Å²) < 4.78 is 29.0. The molecule has 0 amide bonds. The Hall–Kier alpha value is -3.35. The molecule has 7 heteroatoms. The topological polar surface area (TPSA) is 49.8 Å². The molecule has 0 unspecified atom stereocenters. The molecule has 5 rings (SSSR count). The molecule has 0 spiro atoms. The third kappa shape index (κ3) is 5.97. The molecule has 3 aromatic carbocycles. The van der Waals surface area contributed by atoms with Crippen LogP contribution in [0.4, 0.5) is 20.4 Å². The first kappa shape index (κ1) is 26.7. The van der Waals surface area contributed by atoms with Crippen molar-refractivity contribution in [2.45, 2.75) is 38.5 Å². The van der Waals surface area contributed by atoms with Crippen molar-refractivity contribution in [3.63, 3.8) is 0 Å². The molecule has 1 aliphatic carbocycles. The van der Waals surface area contributed by atoms with Gasteiger partial charge in [0.2, 0.25) is 5.95 Å². The first-order valence-electron chi connectivity index (χ1n) is 12.6. The van der Waals surface area contributed by atoms with Gasteiger partial charge in [0.25, 0.3) is 0 Å². The highest BCUT2D eigenvalue weighted by Gasteiger charge is 2.29. The van der Waals surface area contributed by atoms with Gasteiger partial charge in [0.15, 0.2) is 0 Å². The number of nitrogens with one attached hydrogen (secondary N) is 2. The molecule has 37 heavy (non-hydrogen) atoms. The molecular weight excluding hydrogens is 490 g/mol. The van der Waals surface area contributed by atoms with Crippen LogP contribution in [0.5, 0.6) is 0 Å². The number of unbranched alkanes of at least 4 members (excludes halogenated alkanes) is 1. The Morgan fingerprint density at radius 2 is 1.70 bits per heavy atom. The zero-order valence-corrected chi connectivity index (χ0v) is 21.6. The number of halogens is 3. The molecule has 1 aromatic heterocycles. The molecule has 0 radical (unpaired) electrons. The van der Waals surface area contributed by atoms with Crippen molar-refractivity contribution in [2.24, 2.45) is 0 Å². The van der Waals surface area contributed by atoms with E-state index in [0.717, 1.165) is 54.0 Å². The van der Waals surface area contributed by atoms with E-state index in [-0.39, 0.29) is 30.0 Å². The van der Waals surface area contributed by atoms with Crippen molar-refractivity contribution < 1.29 is 8.78 Å². The molecule has 1 atom stereocenters. The summed E-state index contributed by atoms with van der Waals surface area (Å²) >= 11 is 0. The summed E-state index contributed by atoms with van der Waals surface area (Å²) in [5, 5.41) is 6.60. The second-order valence-electron chi connectivity index (χ2n) is 9.22. The summed E-state index contributed by atoms with van der Waals surface area (Å²) in [6.45, 7) is 3.83. The molecule has 192 valence electrons. The van der Waals surface area contributed by atoms with Gasteiger partial charge in [-0.25, -0.2) is 18.7 Å². The molecule has 4 nitrogen and oxygen atoms in total. The molecule has 1 aliphatic rings. The number of fused-ring (bicyclic) bond motifs is 3. The normalized spacial score (nSPS) is 13.9. The summed E-state index contributed by atoms with van der Waals surface area (Å²) in [4.78, 5) is 9.36. The molecule has 2 N–H and O–H groups in total. The molecule has 0 aliphatic heterocycles. The van der Waals surface area contributed by atoms with Crippen molar-refractivity contribution in [3.05, 3.63) is 107 Å². The lowest BCUT2D eigenvalue weighted by molar-refractivity contribution is 0.592. The van der Waals surface area contributed by atoms with Crippen molar-refractivity contribution in [1.82, 2.24) is 15.3 Å². The van der Waals surface area contributed by atoms with E-state index in [0.29, 0.717) is 29.9 Å². The van der Waals surface area contributed by atoms with Crippen LogP contribution in [0, 0.1) is 11.6 Å². The maximum Gasteiger partial charge on any atom is 0.227 e. The number of rotatable bonds is 9. The molecule has 4 aromatic rings. The maximum atomic E-state index is 14.7. The van der Waals surface area contributed by atoms with Crippen LogP contribution in [-0.2, 0) is 12.8 Å². The number of hydrogen-bond donors (Lipinski definition) is 2. The SMILES string of the molecule is CCCCNCCc1cc(Nc2ncc3c(n2)-c2ccccc2[C@H](c2ccccc2F)C3)ccc1F.Cl. The average Bonchev–Trinajstić information content (AvgIpc) is 2.90. The minimum absolute atomic E-state index is 0. The zero-order valence-electron chi connectivity index (χ0n) is 20.8. The van der Waals surface area contributed by atoms with Crippen molar-refractivity contribution in [1.29, 1.82) is 0 Å². The molecule has 1 heterocycles. The predicted molar refractivity (Wildman–Crippen MR) is 148 cm³/mol. The standard InChI is InChI=1S/C30H30F2N4.ClH/c1-2-3-15-33-16-14-20-17-22(12-13-27(20)31)35-30-34-19-21-18-26(24-9-6-7-11-28(24)32)23-8-4-5-10-25(23)29(21)36-30;/h4-13,17,19,26,33H,2-3,14-16,18H2,1H3,(H,34,35,36);1H/t26-;/m1./s1. The maximum absolute atomic E-state index is 14.7. The fourth-order valence-electron chi connectivity index (χ4n) is 4.85. The van der Waals surface area contributed by atoms with Gasteiger partial charge in [-0.2, -0.15) is 0 Å². The largest absolute Gasteiger partial charge is 0.324 e. The van der Waals surface area contributed by atoms with E-state index in [1.165, 1.54) is 12.1 Å². The van der Waals surface area contributed by atoms with Gasteiger partial charge in [0, 0.05) is 23.4 Å². The second kappa shape index (κ2) is 12.3. The van der Waals surface area contributed by atoms with Crippen LogP contribution in [0.1, 0.15) is 47.9 Å². The number of benzene rings is 3. The highest BCUT2D eigenvalue weighted by atomic mass is 35.5. The fraction of sp³-hybridized carbons (Fsp3) is 0.267. The van der Waals surface area contributed by atoms with Gasteiger partial charge in [-0.3, -0.25) is 0 Å². The minimum atomic E-state index is -0.211. The van der Waals surface area contributed by atoms with Gasteiger partial charge < -0.3 is 10.6 Å². The Kier molecular flexibility index (Phi) is 8.85. The van der Waals surface area contributed by atoms with Gasteiger partial charge >= 0.3 is 0 Å². The third-order valence-corrected chi connectivity index (χ3v) is 6.74. The van der Waals surface area contributed by atoms with Crippen molar-refractivity contribution in [3.8, 4) is 11.3 Å². The van der Waals surface area contributed by atoms with E-state index in [9.17, 15) is 8.78 Å². The molecule has 0 bridgehead atoms. The van der Waals surface area contributed by atoms with Gasteiger partial charge in [-0.15, -0.1) is 12.4 Å². The van der Waals surface area contributed by atoms with E-state index in [4.69, 9.17) is 4.98 Å². The van der Waals surface area contributed by atoms with Crippen molar-refractivity contribution in [2.75, 3.05) is 18.4 Å². The summed E-state index contributed by atoms with van der Waals surface area (Å²) in [6.07, 6.45) is 5.30. The predicted octanol–water partition coefficient (Wildman–Crippen LogP) is 7.21. The Morgan fingerprint density at radius 3 is 2.51 bits per heavy atom. The molecular formula is C30H31ClF2N4. The van der Waals surface area contributed by atoms with Crippen LogP contribution in [0.15, 0.2) is 72.9 Å². The van der Waals surface area contributed by atoms with E-state index in [1.807, 2.05) is 48.7 Å². The Labute approximate surface area is 223 Å². The first-order chi connectivity index (χ1) is 17.6. The van der Waals surface area contributed by atoms with E-state index in [1.54, 1.807) is 12.1 Å². The second-order valence-corrected chi connectivity index (χ2v) is 9.22. The number of anilines is 2. The van der Waals surface area contributed by atoms with Crippen LogP contribution >= 0.6 is 12.4 Å². The molecule has 0 saturated carbocycles. The van der Waals surface area contributed by atoms with Gasteiger partial charge in [0.05, 0.1) is 5.69 Å². The fourth-order valence-corrected chi connectivity index (χ4v) is 4.85. The summed E-state index contributed by atoms with van der Waals surface area (Å²) in [7, 11) is 0. The molecule has 0 saturated heterocycles. The van der Waals surface area contributed by atoms with E-state index >= 15 is 0 Å². The highest BCUT2D eigenvalue weighted by Crippen LogP contribution is 2.42. The minimum Gasteiger partial charge on any atom is -0.324 e. The quantitative estimate of drug-likeness (QED) is 0.229. The Balaban J connectivity index is 0.00000320. The van der Waals surface area contributed by atoms with Gasteiger partial charge in [0.1, 0.15) is 11.6 Å². The summed E-state index contributed by atoms with van der Waals surface area (Å²) in [5.41, 5.74) is 5.94. The molecule has 0 fully saturated rings. The van der Waals surface area contributed by atoms with Crippen LogP contribution in [0.25, 0.3) is 11.3 Å². The first-order valence-corrected chi connectivity index (χ1v) is 12.6. The lowest BCUT2D eigenvalue weighted by Crippen LogP contribution is -2.18. The number of aromatic nitrogens is 2. The third-order valence-electron chi connectivity index (χ3n) is 6.74. The monoisotopic (exact) mass is 520 g/mol. The lowest BCUT2D eigenvalue weighted by atomic mass is 9.78. The van der Waals surface area contributed by atoms with Crippen LogP contribution in [-0.4, -0.2) is 23.1 Å². The van der Waals surface area contributed by atoms with Gasteiger partial charge in [-0.1, -0.05) is 55.8 Å². The summed E-state index contributed by atoms with van der Waals surface area (Å²) in [6, 6.07) is 20.0. The van der Waals surface area contributed by atoms with E-state index in [2.05, 4.69) is 22.5 Å². The Morgan fingerprint density at radius 1 is 0.919 bits per heavy atom.